The molecule has 4 amide bonds. The summed E-state index contributed by atoms with van der Waals surface area (Å²) in [4.78, 5) is 69.5. The van der Waals surface area contributed by atoms with Gasteiger partial charge >= 0.3 is 11.9 Å². The number of benzene rings is 1. The number of carbonyl (C=O) groups excluding carboxylic acids is 4. The molecule has 9 N–H and O–H groups in total. The number of rotatable bonds is 13. The molecule has 0 spiro atoms. The lowest BCUT2D eigenvalue weighted by atomic mass is 10.1. The highest BCUT2D eigenvalue weighted by Gasteiger charge is 2.27. The average molecular weight is 451 g/mol. The molecule has 1 rings (SSSR count). The highest BCUT2D eigenvalue weighted by molar-refractivity contribution is 5.95. The van der Waals surface area contributed by atoms with E-state index in [9.17, 15) is 33.9 Å². The van der Waals surface area contributed by atoms with Gasteiger partial charge in [-0.25, -0.2) is 4.79 Å². The Morgan fingerprint density at radius 3 is 2.03 bits per heavy atom. The number of carbonyl (C=O) groups is 6. The molecule has 0 saturated carbocycles. The molecule has 3 atom stereocenters. The summed E-state index contributed by atoms with van der Waals surface area (Å²) in [6, 6.07) is 4.30. The van der Waals surface area contributed by atoms with Crippen LogP contribution < -0.4 is 27.4 Å². The molecule has 0 bridgehead atoms. The minimum Gasteiger partial charge on any atom is -0.481 e. The van der Waals surface area contributed by atoms with Gasteiger partial charge in [-0.15, -0.1) is 0 Å². The summed E-state index contributed by atoms with van der Waals surface area (Å²) >= 11 is 0. The van der Waals surface area contributed by atoms with Crippen LogP contribution >= 0.6 is 0 Å². The number of primary amides is 1. The van der Waals surface area contributed by atoms with Gasteiger partial charge in [0.1, 0.15) is 12.1 Å². The Labute approximate surface area is 182 Å². The van der Waals surface area contributed by atoms with Crippen LogP contribution in [0.5, 0.6) is 0 Å². The van der Waals surface area contributed by atoms with E-state index in [2.05, 4.69) is 16.0 Å². The first-order valence-corrected chi connectivity index (χ1v) is 9.39. The van der Waals surface area contributed by atoms with E-state index in [-0.39, 0.29) is 6.42 Å². The number of nitrogens with two attached hydrogens (primary N) is 2. The van der Waals surface area contributed by atoms with Gasteiger partial charge in [-0.05, 0) is 5.56 Å². The van der Waals surface area contributed by atoms with Gasteiger partial charge in [-0.1, -0.05) is 30.3 Å². The van der Waals surface area contributed by atoms with Gasteiger partial charge in [0.05, 0.1) is 25.4 Å². The zero-order valence-corrected chi connectivity index (χ0v) is 16.9. The number of carboxylic acids is 2. The summed E-state index contributed by atoms with van der Waals surface area (Å²) in [6.07, 6.45) is -1.34. The highest BCUT2D eigenvalue weighted by Crippen LogP contribution is 2.03. The molecule has 0 aliphatic heterocycles. The number of hydrogen-bond acceptors (Lipinski definition) is 7. The average Bonchev–Trinajstić information content (AvgIpc) is 2.70. The maximum Gasteiger partial charge on any atom is 0.326 e. The SMILES string of the molecule is NC(=O)CC(N)C(=O)NC(CC(=O)O)C(=O)NCC(=O)NC(Cc1ccccc1)C(=O)O. The topological polar surface area (TPSA) is 231 Å². The first-order chi connectivity index (χ1) is 15.0. The molecular formula is C19H25N5O8. The molecule has 0 saturated heterocycles. The minimum absolute atomic E-state index is 0.00527. The van der Waals surface area contributed by atoms with Crippen molar-refractivity contribution < 1.29 is 39.0 Å². The maximum atomic E-state index is 12.3. The summed E-state index contributed by atoms with van der Waals surface area (Å²) < 4.78 is 0. The summed E-state index contributed by atoms with van der Waals surface area (Å²) in [6.45, 7) is -0.670. The molecule has 0 aromatic heterocycles. The van der Waals surface area contributed by atoms with Crippen molar-refractivity contribution in [2.45, 2.75) is 37.4 Å². The fourth-order valence-corrected chi connectivity index (χ4v) is 2.56. The van der Waals surface area contributed by atoms with Crippen molar-refractivity contribution in [1.82, 2.24) is 16.0 Å². The Balaban J connectivity index is 2.68. The van der Waals surface area contributed by atoms with Crippen molar-refractivity contribution in [3.63, 3.8) is 0 Å². The molecular weight excluding hydrogens is 426 g/mol. The van der Waals surface area contributed by atoms with Crippen molar-refractivity contribution in [2.24, 2.45) is 11.5 Å². The Morgan fingerprint density at radius 2 is 1.50 bits per heavy atom. The van der Waals surface area contributed by atoms with Crippen LogP contribution in [0.4, 0.5) is 0 Å². The van der Waals surface area contributed by atoms with E-state index >= 15 is 0 Å². The third-order valence-electron chi connectivity index (χ3n) is 4.11. The second-order valence-electron chi connectivity index (χ2n) is 6.80. The van der Waals surface area contributed by atoms with Crippen LogP contribution in [0.3, 0.4) is 0 Å². The predicted molar refractivity (Wildman–Crippen MR) is 109 cm³/mol. The van der Waals surface area contributed by atoms with Crippen molar-refractivity contribution in [2.75, 3.05) is 6.54 Å². The van der Waals surface area contributed by atoms with Gasteiger partial charge in [-0.2, -0.15) is 0 Å². The summed E-state index contributed by atoms with van der Waals surface area (Å²) in [7, 11) is 0. The van der Waals surface area contributed by atoms with Crippen LogP contribution in [0.1, 0.15) is 18.4 Å². The van der Waals surface area contributed by atoms with Crippen molar-refractivity contribution >= 4 is 35.6 Å². The molecule has 174 valence electrons. The second kappa shape index (κ2) is 12.6. The zero-order chi connectivity index (χ0) is 24.3. The van der Waals surface area contributed by atoms with E-state index < -0.39 is 73.1 Å². The molecule has 0 heterocycles. The van der Waals surface area contributed by atoms with Crippen molar-refractivity contribution in [3.05, 3.63) is 35.9 Å². The fraction of sp³-hybridized carbons (Fsp3) is 0.368. The molecule has 0 aliphatic rings. The van der Waals surface area contributed by atoms with Crippen LogP contribution in [-0.4, -0.2) is 70.5 Å². The molecule has 13 nitrogen and oxygen atoms in total. The second-order valence-corrected chi connectivity index (χ2v) is 6.80. The number of hydrogen-bond donors (Lipinski definition) is 7. The van der Waals surface area contributed by atoms with Gasteiger partial charge in [0.2, 0.25) is 23.6 Å². The smallest absolute Gasteiger partial charge is 0.326 e. The van der Waals surface area contributed by atoms with Gasteiger partial charge in [0.25, 0.3) is 0 Å². The van der Waals surface area contributed by atoms with Gasteiger partial charge < -0.3 is 37.6 Å². The van der Waals surface area contributed by atoms with Crippen molar-refractivity contribution in [3.8, 4) is 0 Å². The Bertz CT molecular complexity index is 861. The van der Waals surface area contributed by atoms with E-state index in [1.165, 1.54) is 0 Å². The van der Waals surface area contributed by atoms with E-state index in [0.717, 1.165) is 0 Å². The van der Waals surface area contributed by atoms with Crippen molar-refractivity contribution in [1.29, 1.82) is 0 Å². The molecule has 0 aliphatic carbocycles. The molecule has 1 aromatic carbocycles. The third kappa shape index (κ3) is 9.67. The number of aliphatic carboxylic acids is 2. The predicted octanol–water partition coefficient (Wildman–Crippen LogP) is -2.92. The molecule has 3 unspecified atom stereocenters. The van der Waals surface area contributed by atoms with E-state index in [1.54, 1.807) is 30.3 Å². The van der Waals surface area contributed by atoms with Crippen LogP contribution in [0.25, 0.3) is 0 Å². The van der Waals surface area contributed by atoms with Crippen LogP contribution in [0.15, 0.2) is 30.3 Å². The highest BCUT2D eigenvalue weighted by atomic mass is 16.4. The van der Waals surface area contributed by atoms with Crippen LogP contribution in [0.2, 0.25) is 0 Å². The Morgan fingerprint density at radius 1 is 0.875 bits per heavy atom. The molecule has 0 fully saturated rings. The van der Waals surface area contributed by atoms with Gasteiger partial charge in [0.15, 0.2) is 0 Å². The van der Waals surface area contributed by atoms with E-state index in [1.807, 2.05) is 0 Å². The normalized spacial score (nSPS) is 13.2. The first-order valence-electron chi connectivity index (χ1n) is 9.39. The Hall–Kier alpha value is -4.00. The summed E-state index contributed by atoms with van der Waals surface area (Å²) in [5.74, 6) is -6.42. The number of nitrogens with one attached hydrogen (secondary N) is 3. The largest absolute Gasteiger partial charge is 0.481 e. The van der Waals surface area contributed by atoms with E-state index in [0.29, 0.717) is 5.56 Å². The quantitative estimate of drug-likeness (QED) is 0.162. The summed E-state index contributed by atoms with van der Waals surface area (Å²) in [5, 5.41) is 24.7. The minimum atomic E-state index is -1.59. The molecule has 13 heteroatoms. The van der Waals surface area contributed by atoms with Gasteiger partial charge in [0, 0.05) is 6.42 Å². The lowest BCUT2D eigenvalue weighted by Crippen LogP contribution is -2.54. The van der Waals surface area contributed by atoms with Crippen LogP contribution in [0, 0.1) is 0 Å². The van der Waals surface area contributed by atoms with Crippen LogP contribution in [-0.2, 0) is 35.2 Å². The fourth-order valence-electron chi connectivity index (χ4n) is 2.56. The Kier molecular flexibility index (Phi) is 10.3. The molecule has 32 heavy (non-hydrogen) atoms. The first kappa shape index (κ1) is 26.0. The summed E-state index contributed by atoms with van der Waals surface area (Å²) in [5.41, 5.74) is 11.1. The molecule has 0 radical (unpaired) electrons. The number of carboxylic acid groups (broad SMARTS) is 2. The monoisotopic (exact) mass is 451 g/mol. The lowest BCUT2D eigenvalue weighted by Gasteiger charge is -2.19. The standard InChI is InChI=1S/C19H25N5O8/c20-11(7-14(21)25)17(29)24-12(8-16(27)28)18(30)22-9-15(26)23-13(19(31)32)6-10-4-2-1-3-5-10/h1-5,11-13H,6-9,20H2,(H2,21,25)(H,22,30)(H,23,26)(H,24,29)(H,27,28)(H,31,32). The zero-order valence-electron chi connectivity index (χ0n) is 16.9. The third-order valence-corrected chi connectivity index (χ3v) is 4.11. The number of amides is 4. The van der Waals surface area contributed by atoms with Gasteiger partial charge in [-0.3, -0.25) is 24.0 Å². The maximum absolute atomic E-state index is 12.3. The van der Waals surface area contributed by atoms with E-state index in [4.69, 9.17) is 16.6 Å². The lowest BCUT2D eigenvalue weighted by molar-refractivity contribution is -0.142. The molecule has 1 aromatic rings.